The van der Waals surface area contributed by atoms with E-state index in [1.54, 1.807) is 6.20 Å². The predicted molar refractivity (Wildman–Crippen MR) is 109 cm³/mol. The summed E-state index contributed by atoms with van der Waals surface area (Å²) in [4.78, 5) is 24.4. The Kier molecular flexibility index (Phi) is 3.98. The molecule has 0 saturated heterocycles. The molecule has 136 valence electrons. The van der Waals surface area contributed by atoms with Crippen molar-refractivity contribution in [3.05, 3.63) is 102 Å². The number of rotatable bonds is 3. The van der Waals surface area contributed by atoms with Crippen molar-refractivity contribution in [2.75, 3.05) is 5.32 Å². The molecule has 0 unspecified atom stereocenters. The van der Waals surface area contributed by atoms with Crippen molar-refractivity contribution in [1.82, 2.24) is 14.9 Å². The first-order valence-electron chi connectivity index (χ1n) is 9.22. The zero-order chi connectivity index (χ0) is 18.9. The van der Waals surface area contributed by atoms with Gasteiger partial charge >= 0.3 is 0 Å². The molecule has 5 nitrogen and oxygen atoms in total. The lowest BCUT2D eigenvalue weighted by atomic mass is 10.0. The van der Waals surface area contributed by atoms with E-state index in [1.807, 2.05) is 83.8 Å². The van der Waals surface area contributed by atoms with Gasteiger partial charge < -0.3 is 10.2 Å². The molecule has 0 fully saturated rings. The fourth-order valence-corrected chi connectivity index (χ4v) is 3.57. The van der Waals surface area contributed by atoms with Gasteiger partial charge in [0.1, 0.15) is 11.9 Å². The summed E-state index contributed by atoms with van der Waals surface area (Å²) >= 11 is 0. The van der Waals surface area contributed by atoms with Crippen LogP contribution in [0, 0.1) is 0 Å². The second-order valence-electron chi connectivity index (χ2n) is 6.79. The van der Waals surface area contributed by atoms with E-state index < -0.39 is 0 Å². The summed E-state index contributed by atoms with van der Waals surface area (Å²) < 4.78 is 0. The fourth-order valence-electron chi connectivity index (χ4n) is 3.57. The van der Waals surface area contributed by atoms with Crippen LogP contribution in [0.25, 0.3) is 11.0 Å². The van der Waals surface area contributed by atoms with Crippen LogP contribution in [0.3, 0.4) is 0 Å². The third-order valence-corrected chi connectivity index (χ3v) is 4.97. The molecule has 1 aliphatic heterocycles. The van der Waals surface area contributed by atoms with Gasteiger partial charge in [0.05, 0.1) is 22.8 Å². The van der Waals surface area contributed by atoms with Crippen LogP contribution in [-0.2, 0) is 6.54 Å². The van der Waals surface area contributed by atoms with Gasteiger partial charge in [-0.2, -0.15) is 0 Å². The average molecular weight is 366 g/mol. The van der Waals surface area contributed by atoms with Crippen molar-refractivity contribution in [2.45, 2.75) is 12.7 Å². The van der Waals surface area contributed by atoms with Crippen molar-refractivity contribution >= 4 is 22.6 Å². The molecule has 0 radical (unpaired) electrons. The third-order valence-electron chi connectivity index (χ3n) is 4.97. The van der Waals surface area contributed by atoms with E-state index >= 15 is 0 Å². The molecule has 28 heavy (non-hydrogen) atoms. The van der Waals surface area contributed by atoms with E-state index in [-0.39, 0.29) is 12.1 Å². The van der Waals surface area contributed by atoms with Gasteiger partial charge in [-0.15, -0.1) is 0 Å². The Bertz CT molecular complexity index is 1160. The average Bonchev–Trinajstić information content (AvgIpc) is 2.76. The minimum atomic E-state index is -0.389. The molecule has 5 rings (SSSR count). The summed E-state index contributed by atoms with van der Waals surface area (Å²) in [5, 5.41) is 3.48. The van der Waals surface area contributed by atoms with Crippen LogP contribution >= 0.6 is 0 Å². The van der Waals surface area contributed by atoms with Crippen molar-refractivity contribution in [1.29, 1.82) is 0 Å². The van der Waals surface area contributed by atoms with Gasteiger partial charge in [-0.3, -0.25) is 9.78 Å². The number of fused-ring (bicyclic) bond motifs is 2. The number of hydrogen-bond donors (Lipinski definition) is 1. The molecular formula is C23H18N4O. The normalized spacial score (nSPS) is 15.9. The summed E-state index contributed by atoms with van der Waals surface area (Å²) in [6.45, 7) is 0.486. The molecule has 1 aliphatic rings. The number of para-hydroxylation sites is 3. The SMILES string of the molecule is O=C1c2ccccc2N[C@H](c2cnc3ccccc3n2)N1Cc1ccccc1. The van der Waals surface area contributed by atoms with E-state index in [2.05, 4.69) is 10.3 Å². The zero-order valence-electron chi connectivity index (χ0n) is 15.1. The quantitative estimate of drug-likeness (QED) is 0.584. The van der Waals surface area contributed by atoms with Gasteiger partial charge in [0, 0.05) is 12.2 Å². The first-order chi connectivity index (χ1) is 13.8. The van der Waals surface area contributed by atoms with E-state index in [0.29, 0.717) is 12.1 Å². The second-order valence-corrected chi connectivity index (χ2v) is 6.79. The van der Waals surface area contributed by atoms with Gasteiger partial charge in [0.15, 0.2) is 0 Å². The molecule has 1 amide bonds. The highest BCUT2D eigenvalue weighted by Crippen LogP contribution is 2.33. The molecule has 0 bridgehead atoms. The molecule has 1 atom stereocenters. The van der Waals surface area contributed by atoms with E-state index in [0.717, 1.165) is 28.0 Å². The summed E-state index contributed by atoms with van der Waals surface area (Å²) in [7, 11) is 0. The second kappa shape index (κ2) is 6.78. The molecule has 4 aromatic rings. The van der Waals surface area contributed by atoms with Gasteiger partial charge in [0.2, 0.25) is 0 Å². The molecule has 1 aromatic heterocycles. The highest BCUT2D eigenvalue weighted by Gasteiger charge is 2.33. The maximum atomic E-state index is 13.3. The van der Waals surface area contributed by atoms with Crippen LogP contribution in [0.5, 0.6) is 0 Å². The lowest BCUT2D eigenvalue weighted by Gasteiger charge is -2.37. The Balaban J connectivity index is 1.60. The number of hydrogen-bond acceptors (Lipinski definition) is 4. The zero-order valence-corrected chi connectivity index (χ0v) is 15.1. The minimum absolute atomic E-state index is 0.0156. The van der Waals surface area contributed by atoms with E-state index in [4.69, 9.17) is 4.98 Å². The van der Waals surface area contributed by atoms with E-state index in [9.17, 15) is 4.79 Å². The van der Waals surface area contributed by atoms with Crippen LogP contribution in [0.4, 0.5) is 5.69 Å². The van der Waals surface area contributed by atoms with E-state index in [1.165, 1.54) is 0 Å². The number of carbonyl (C=O) groups excluding carboxylic acids is 1. The van der Waals surface area contributed by atoms with Gasteiger partial charge in [0.25, 0.3) is 5.91 Å². The van der Waals surface area contributed by atoms with Gasteiger partial charge in [-0.05, 0) is 29.8 Å². The van der Waals surface area contributed by atoms with Crippen LogP contribution in [0.15, 0.2) is 85.1 Å². The number of amides is 1. The lowest BCUT2D eigenvalue weighted by Crippen LogP contribution is -2.42. The third kappa shape index (κ3) is 2.87. The molecule has 3 aromatic carbocycles. The maximum Gasteiger partial charge on any atom is 0.258 e. The lowest BCUT2D eigenvalue weighted by molar-refractivity contribution is 0.0663. The monoisotopic (exact) mass is 366 g/mol. The molecule has 0 spiro atoms. The van der Waals surface area contributed by atoms with Crippen LogP contribution in [-0.4, -0.2) is 20.8 Å². The number of benzene rings is 3. The summed E-state index contributed by atoms with van der Waals surface area (Å²) in [5.41, 5.74) is 4.92. The Hall–Kier alpha value is -3.73. The molecular weight excluding hydrogens is 348 g/mol. The van der Waals surface area contributed by atoms with Crippen molar-refractivity contribution < 1.29 is 4.79 Å². The Labute approximate surface area is 162 Å². The smallest absolute Gasteiger partial charge is 0.258 e. The predicted octanol–water partition coefficient (Wildman–Crippen LogP) is 4.40. The highest BCUT2D eigenvalue weighted by molar-refractivity contribution is 6.01. The maximum absolute atomic E-state index is 13.3. The van der Waals surface area contributed by atoms with Crippen LogP contribution in [0.2, 0.25) is 0 Å². The van der Waals surface area contributed by atoms with Crippen LogP contribution in [0.1, 0.15) is 27.8 Å². The van der Waals surface area contributed by atoms with Crippen molar-refractivity contribution in [3.8, 4) is 0 Å². The topological polar surface area (TPSA) is 58.1 Å². The first kappa shape index (κ1) is 16.4. The summed E-state index contributed by atoms with van der Waals surface area (Å²) in [6, 6.07) is 25.3. The standard InChI is InChI=1S/C23H18N4O/c28-23-17-10-4-5-11-18(17)26-22(27(23)15-16-8-2-1-3-9-16)21-14-24-19-12-6-7-13-20(19)25-21/h1-14,22,26H,15H2/t22-/m0/s1. The molecule has 2 heterocycles. The molecule has 0 aliphatic carbocycles. The van der Waals surface area contributed by atoms with Gasteiger partial charge in [-0.25, -0.2) is 4.98 Å². The molecule has 1 N–H and O–H groups in total. The van der Waals surface area contributed by atoms with Crippen LogP contribution < -0.4 is 5.32 Å². The number of carbonyl (C=O) groups is 1. The number of nitrogens with one attached hydrogen (secondary N) is 1. The van der Waals surface area contributed by atoms with Crippen molar-refractivity contribution in [3.63, 3.8) is 0 Å². The summed E-state index contributed by atoms with van der Waals surface area (Å²) in [6.07, 6.45) is 1.36. The number of aromatic nitrogens is 2. The number of nitrogens with zero attached hydrogens (tertiary/aromatic N) is 3. The summed E-state index contributed by atoms with van der Waals surface area (Å²) in [5.74, 6) is -0.0156. The molecule has 0 saturated carbocycles. The van der Waals surface area contributed by atoms with Gasteiger partial charge in [-0.1, -0.05) is 54.6 Å². The fraction of sp³-hybridized carbons (Fsp3) is 0.0870. The Morgan fingerprint density at radius 2 is 1.57 bits per heavy atom. The largest absolute Gasteiger partial charge is 0.359 e. The highest BCUT2D eigenvalue weighted by atomic mass is 16.2. The Morgan fingerprint density at radius 1 is 0.857 bits per heavy atom. The number of anilines is 1. The Morgan fingerprint density at radius 3 is 2.43 bits per heavy atom. The first-order valence-corrected chi connectivity index (χ1v) is 9.22. The minimum Gasteiger partial charge on any atom is -0.359 e. The van der Waals surface area contributed by atoms with Crippen molar-refractivity contribution in [2.24, 2.45) is 0 Å². The molecule has 5 heteroatoms.